The first-order chi connectivity index (χ1) is 8.58. The molecule has 6 nitrogen and oxygen atoms in total. The Bertz CT molecular complexity index is 417. The van der Waals surface area contributed by atoms with Crippen molar-refractivity contribution in [3.63, 3.8) is 0 Å². The molecule has 0 saturated carbocycles. The molecule has 1 aromatic heterocycles. The molecule has 1 atom stereocenters. The average Bonchev–Trinajstić information content (AvgIpc) is 2.38. The largest absolute Gasteiger partial charge is 0.361 e. The van der Waals surface area contributed by atoms with Gasteiger partial charge in [0.1, 0.15) is 0 Å². The number of carbonyl (C=O) groups is 1. The van der Waals surface area contributed by atoms with E-state index < -0.39 is 0 Å². The molecule has 1 fully saturated rings. The molecule has 1 aliphatic heterocycles. The molecule has 0 bridgehead atoms. The summed E-state index contributed by atoms with van der Waals surface area (Å²) in [4.78, 5) is 15.9. The standard InChI is InChI=1S/C12H19N5O/c1-9-8-17(7-6-13-9)12(18)10-4-5-11(15-14-10)16(2)3/h4-5,9,13H,6-8H2,1-3H3. The van der Waals surface area contributed by atoms with Gasteiger partial charge in [-0.15, -0.1) is 10.2 Å². The van der Waals surface area contributed by atoms with Crippen molar-refractivity contribution >= 4 is 11.7 Å². The Morgan fingerprint density at radius 1 is 1.44 bits per heavy atom. The lowest BCUT2D eigenvalue weighted by molar-refractivity contribution is 0.0702. The van der Waals surface area contributed by atoms with Crippen LogP contribution in [0.25, 0.3) is 0 Å². The maximum absolute atomic E-state index is 12.2. The van der Waals surface area contributed by atoms with Gasteiger partial charge in [0.25, 0.3) is 5.91 Å². The number of carbonyl (C=O) groups excluding carboxylic acids is 1. The van der Waals surface area contributed by atoms with Gasteiger partial charge in [-0.05, 0) is 19.1 Å². The van der Waals surface area contributed by atoms with Crippen LogP contribution in [-0.4, -0.2) is 60.8 Å². The molecule has 1 aliphatic rings. The van der Waals surface area contributed by atoms with Crippen molar-refractivity contribution in [2.24, 2.45) is 0 Å². The molecule has 98 valence electrons. The van der Waals surface area contributed by atoms with E-state index >= 15 is 0 Å². The van der Waals surface area contributed by atoms with Crippen LogP contribution in [0.5, 0.6) is 0 Å². The van der Waals surface area contributed by atoms with Crippen molar-refractivity contribution in [2.75, 3.05) is 38.6 Å². The zero-order chi connectivity index (χ0) is 13.1. The SMILES string of the molecule is CC1CN(C(=O)c2ccc(N(C)C)nn2)CCN1. The van der Waals surface area contributed by atoms with Gasteiger partial charge in [-0.1, -0.05) is 0 Å². The number of rotatable bonds is 2. The summed E-state index contributed by atoms with van der Waals surface area (Å²) in [6.45, 7) is 4.34. The van der Waals surface area contributed by atoms with Crippen LogP contribution in [0, 0.1) is 0 Å². The number of nitrogens with one attached hydrogen (secondary N) is 1. The summed E-state index contributed by atoms with van der Waals surface area (Å²) in [5, 5.41) is 11.3. The minimum atomic E-state index is -0.0406. The highest BCUT2D eigenvalue weighted by molar-refractivity contribution is 5.92. The van der Waals surface area contributed by atoms with Crippen LogP contribution in [0.4, 0.5) is 5.82 Å². The number of hydrogen-bond acceptors (Lipinski definition) is 5. The van der Waals surface area contributed by atoms with Gasteiger partial charge in [0.2, 0.25) is 0 Å². The van der Waals surface area contributed by atoms with E-state index in [4.69, 9.17) is 0 Å². The van der Waals surface area contributed by atoms with Gasteiger partial charge < -0.3 is 15.1 Å². The molecule has 2 heterocycles. The predicted octanol–water partition coefficient (Wildman–Crippen LogP) is -0.0235. The van der Waals surface area contributed by atoms with Crippen molar-refractivity contribution in [1.29, 1.82) is 0 Å². The lowest BCUT2D eigenvalue weighted by Crippen LogP contribution is -2.51. The number of amides is 1. The van der Waals surface area contributed by atoms with Gasteiger partial charge in [0.05, 0.1) is 0 Å². The van der Waals surface area contributed by atoms with E-state index in [1.807, 2.05) is 30.0 Å². The van der Waals surface area contributed by atoms with Crippen molar-refractivity contribution in [3.8, 4) is 0 Å². The van der Waals surface area contributed by atoms with Gasteiger partial charge >= 0.3 is 0 Å². The Hall–Kier alpha value is -1.69. The lowest BCUT2D eigenvalue weighted by atomic mass is 10.2. The summed E-state index contributed by atoms with van der Waals surface area (Å²) in [6.07, 6.45) is 0. The van der Waals surface area contributed by atoms with E-state index in [2.05, 4.69) is 22.4 Å². The monoisotopic (exact) mass is 249 g/mol. The molecule has 6 heteroatoms. The maximum Gasteiger partial charge on any atom is 0.274 e. The quantitative estimate of drug-likeness (QED) is 0.798. The minimum absolute atomic E-state index is 0.0406. The van der Waals surface area contributed by atoms with Crippen LogP contribution < -0.4 is 10.2 Å². The number of piperazine rings is 1. The van der Waals surface area contributed by atoms with E-state index in [1.165, 1.54) is 0 Å². The molecule has 0 spiro atoms. The second kappa shape index (κ2) is 5.30. The van der Waals surface area contributed by atoms with Gasteiger partial charge in [-0.3, -0.25) is 4.79 Å². The van der Waals surface area contributed by atoms with E-state index in [0.29, 0.717) is 11.7 Å². The highest BCUT2D eigenvalue weighted by Crippen LogP contribution is 2.09. The first-order valence-corrected chi connectivity index (χ1v) is 6.11. The third-order valence-corrected chi connectivity index (χ3v) is 2.98. The smallest absolute Gasteiger partial charge is 0.274 e. The fourth-order valence-electron chi connectivity index (χ4n) is 1.96. The summed E-state index contributed by atoms with van der Waals surface area (Å²) in [5.74, 6) is 0.710. The van der Waals surface area contributed by atoms with Crippen molar-refractivity contribution in [1.82, 2.24) is 20.4 Å². The summed E-state index contributed by atoms with van der Waals surface area (Å²) >= 11 is 0. The van der Waals surface area contributed by atoms with Crippen LogP contribution in [0.2, 0.25) is 0 Å². The summed E-state index contributed by atoms with van der Waals surface area (Å²) < 4.78 is 0. The summed E-state index contributed by atoms with van der Waals surface area (Å²) in [6, 6.07) is 3.88. The molecule has 1 amide bonds. The Morgan fingerprint density at radius 3 is 2.78 bits per heavy atom. The number of aromatic nitrogens is 2. The van der Waals surface area contributed by atoms with Crippen LogP contribution in [0.1, 0.15) is 17.4 Å². The molecule has 1 saturated heterocycles. The molecule has 0 aliphatic carbocycles. The normalized spacial score (nSPS) is 19.7. The molecule has 2 rings (SSSR count). The van der Waals surface area contributed by atoms with E-state index in [0.717, 1.165) is 25.5 Å². The molecule has 1 N–H and O–H groups in total. The van der Waals surface area contributed by atoms with Gasteiger partial charge in [-0.2, -0.15) is 0 Å². The third-order valence-electron chi connectivity index (χ3n) is 2.98. The van der Waals surface area contributed by atoms with Crippen molar-refractivity contribution in [3.05, 3.63) is 17.8 Å². The van der Waals surface area contributed by atoms with E-state index in [1.54, 1.807) is 6.07 Å². The topological polar surface area (TPSA) is 61.4 Å². The van der Waals surface area contributed by atoms with Crippen molar-refractivity contribution < 1.29 is 4.79 Å². The molecular weight excluding hydrogens is 230 g/mol. The number of anilines is 1. The molecule has 0 radical (unpaired) electrons. The predicted molar refractivity (Wildman–Crippen MR) is 69.7 cm³/mol. The Morgan fingerprint density at radius 2 is 2.22 bits per heavy atom. The molecule has 1 aromatic rings. The third kappa shape index (κ3) is 2.76. The van der Waals surface area contributed by atoms with Crippen molar-refractivity contribution in [2.45, 2.75) is 13.0 Å². The fraction of sp³-hybridized carbons (Fsp3) is 0.583. The first-order valence-electron chi connectivity index (χ1n) is 6.11. The molecule has 1 unspecified atom stereocenters. The van der Waals surface area contributed by atoms with Gasteiger partial charge in [0.15, 0.2) is 11.5 Å². The zero-order valence-electron chi connectivity index (χ0n) is 11.1. The van der Waals surface area contributed by atoms with Gasteiger partial charge in [-0.25, -0.2) is 0 Å². The number of hydrogen-bond donors (Lipinski definition) is 1. The Balaban J connectivity index is 2.08. The fourth-order valence-corrected chi connectivity index (χ4v) is 1.96. The van der Waals surface area contributed by atoms with E-state index in [9.17, 15) is 4.79 Å². The average molecular weight is 249 g/mol. The number of nitrogens with zero attached hydrogens (tertiary/aromatic N) is 4. The second-order valence-electron chi connectivity index (χ2n) is 4.78. The van der Waals surface area contributed by atoms with Crippen LogP contribution in [0.15, 0.2) is 12.1 Å². The molecule has 0 aromatic carbocycles. The van der Waals surface area contributed by atoms with E-state index in [-0.39, 0.29) is 5.91 Å². The highest BCUT2D eigenvalue weighted by atomic mass is 16.2. The first kappa shape index (κ1) is 12.8. The maximum atomic E-state index is 12.2. The molecule has 18 heavy (non-hydrogen) atoms. The van der Waals surface area contributed by atoms with Crippen LogP contribution in [0.3, 0.4) is 0 Å². The van der Waals surface area contributed by atoms with Crippen LogP contribution >= 0.6 is 0 Å². The highest BCUT2D eigenvalue weighted by Gasteiger charge is 2.22. The Labute approximate surface area is 107 Å². The molecular formula is C12H19N5O. The van der Waals surface area contributed by atoms with Gasteiger partial charge in [0, 0.05) is 39.8 Å². The summed E-state index contributed by atoms with van der Waals surface area (Å²) in [5.41, 5.74) is 0.412. The zero-order valence-corrected chi connectivity index (χ0v) is 11.1. The lowest BCUT2D eigenvalue weighted by Gasteiger charge is -2.31. The summed E-state index contributed by atoms with van der Waals surface area (Å²) in [7, 11) is 3.78. The second-order valence-corrected chi connectivity index (χ2v) is 4.78. The van der Waals surface area contributed by atoms with Crippen LogP contribution in [-0.2, 0) is 0 Å². The Kier molecular flexibility index (Phi) is 3.76. The minimum Gasteiger partial charge on any atom is -0.361 e.